The molecule has 2 aromatic rings. The van der Waals surface area contributed by atoms with Gasteiger partial charge in [-0.2, -0.15) is 8.78 Å². The van der Waals surface area contributed by atoms with E-state index in [4.69, 9.17) is 4.74 Å². The molecule has 0 aliphatic heterocycles. The van der Waals surface area contributed by atoms with E-state index in [-0.39, 0.29) is 30.6 Å². The maximum atomic E-state index is 13.9. The Hall–Kier alpha value is -3.30. The summed E-state index contributed by atoms with van der Waals surface area (Å²) in [4.78, 5) is 26.8. The molecule has 0 aliphatic carbocycles. The molecule has 0 heterocycles. The third-order valence-corrected chi connectivity index (χ3v) is 4.73. The summed E-state index contributed by atoms with van der Waals surface area (Å²) >= 11 is 0. The van der Waals surface area contributed by atoms with Gasteiger partial charge in [-0.15, -0.1) is 0 Å². The summed E-state index contributed by atoms with van der Waals surface area (Å²) in [6, 6.07) is 6.27. The molecule has 1 N–H and O–H groups in total. The first kappa shape index (κ1) is 26.0. The van der Waals surface area contributed by atoms with Gasteiger partial charge in [-0.1, -0.05) is 26.0 Å². The predicted octanol–water partition coefficient (Wildman–Crippen LogP) is 4.38. The predicted molar refractivity (Wildman–Crippen MR) is 113 cm³/mol. The fraction of sp³-hybridized carbons (Fsp3) is 0.391. The van der Waals surface area contributed by atoms with Crippen LogP contribution in [0.25, 0.3) is 0 Å². The lowest BCUT2D eigenvalue weighted by atomic mass is 10.0. The molecule has 0 radical (unpaired) electrons. The molecule has 2 aromatic carbocycles. The molecule has 0 spiro atoms. The SMILES string of the molecule is CCOc1cc(CN(C)C(=O)[C@@H](NC(=O)c2c(F)cccc2F)C(C)C)ccc1OC(F)F. The van der Waals surface area contributed by atoms with Crippen molar-refractivity contribution in [1.82, 2.24) is 10.2 Å². The van der Waals surface area contributed by atoms with Crippen LogP contribution < -0.4 is 14.8 Å². The first-order chi connectivity index (χ1) is 15.5. The number of halogens is 4. The zero-order valence-electron chi connectivity index (χ0n) is 18.7. The fourth-order valence-electron chi connectivity index (χ4n) is 3.14. The third-order valence-electron chi connectivity index (χ3n) is 4.73. The number of nitrogens with one attached hydrogen (secondary N) is 1. The van der Waals surface area contributed by atoms with Crippen LogP contribution in [0.5, 0.6) is 11.5 Å². The lowest BCUT2D eigenvalue weighted by molar-refractivity contribution is -0.133. The second-order valence-corrected chi connectivity index (χ2v) is 7.58. The molecule has 0 fully saturated rings. The van der Waals surface area contributed by atoms with Crippen molar-refractivity contribution in [3.05, 3.63) is 59.2 Å². The number of alkyl halides is 2. The summed E-state index contributed by atoms with van der Waals surface area (Å²) in [5.74, 6) is -4.04. The van der Waals surface area contributed by atoms with Gasteiger partial charge in [0.25, 0.3) is 5.91 Å². The summed E-state index contributed by atoms with van der Waals surface area (Å²) in [7, 11) is 1.48. The number of hydrogen-bond acceptors (Lipinski definition) is 4. The van der Waals surface area contributed by atoms with Crippen LogP contribution in [0.3, 0.4) is 0 Å². The molecular weight excluding hydrogens is 444 g/mol. The Morgan fingerprint density at radius 3 is 2.24 bits per heavy atom. The number of nitrogens with zero attached hydrogens (tertiary/aromatic N) is 1. The van der Waals surface area contributed by atoms with Crippen LogP contribution in [0.2, 0.25) is 0 Å². The topological polar surface area (TPSA) is 67.9 Å². The van der Waals surface area contributed by atoms with E-state index in [0.717, 1.165) is 18.2 Å². The van der Waals surface area contributed by atoms with Crippen LogP contribution in [-0.4, -0.2) is 43.0 Å². The molecule has 33 heavy (non-hydrogen) atoms. The van der Waals surface area contributed by atoms with Crippen LogP contribution in [-0.2, 0) is 11.3 Å². The van der Waals surface area contributed by atoms with Crippen molar-refractivity contribution >= 4 is 11.8 Å². The van der Waals surface area contributed by atoms with Crippen LogP contribution in [0, 0.1) is 17.6 Å². The van der Waals surface area contributed by atoms with Gasteiger partial charge in [0, 0.05) is 13.6 Å². The van der Waals surface area contributed by atoms with Gasteiger partial charge in [-0.05, 0) is 42.7 Å². The summed E-state index contributed by atoms with van der Waals surface area (Å²) in [6.45, 7) is 2.29. The van der Waals surface area contributed by atoms with Crippen LogP contribution in [0.15, 0.2) is 36.4 Å². The zero-order chi connectivity index (χ0) is 24.7. The molecule has 0 bridgehead atoms. The number of rotatable bonds is 10. The maximum Gasteiger partial charge on any atom is 0.387 e. The van der Waals surface area contributed by atoms with Gasteiger partial charge in [0.2, 0.25) is 5.91 Å². The van der Waals surface area contributed by atoms with Crippen molar-refractivity contribution in [3.8, 4) is 11.5 Å². The minimum Gasteiger partial charge on any atom is -0.490 e. The highest BCUT2D eigenvalue weighted by Gasteiger charge is 2.29. The van der Waals surface area contributed by atoms with Crippen LogP contribution in [0.4, 0.5) is 17.6 Å². The quantitative estimate of drug-likeness (QED) is 0.524. The highest BCUT2D eigenvalue weighted by Crippen LogP contribution is 2.30. The summed E-state index contributed by atoms with van der Waals surface area (Å²) in [6.07, 6.45) is 0. The van der Waals surface area contributed by atoms with E-state index in [2.05, 4.69) is 10.1 Å². The van der Waals surface area contributed by atoms with Crippen molar-refractivity contribution in [1.29, 1.82) is 0 Å². The fourth-order valence-corrected chi connectivity index (χ4v) is 3.14. The van der Waals surface area contributed by atoms with Gasteiger partial charge in [0.1, 0.15) is 23.2 Å². The molecule has 10 heteroatoms. The third kappa shape index (κ3) is 6.84. The van der Waals surface area contributed by atoms with E-state index in [1.54, 1.807) is 20.8 Å². The summed E-state index contributed by atoms with van der Waals surface area (Å²) in [5.41, 5.74) is -0.209. The molecule has 0 aromatic heterocycles. The lowest BCUT2D eigenvalue weighted by Crippen LogP contribution is -2.50. The van der Waals surface area contributed by atoms with Gasteiger partial charge in [0.15, 0.2) is 11.5 Å². The van der Waals surface area contributed by atoms with Gasteiger partial charge in [-0.3, -0.25) is 9.59 Å². The van der Waals surface area contributed by atoms with Gasteiger partial charge in [0.05, 0.1) is 6.61 Å². The lowest BCUT2D eigenvalue weighted by Gasteiger charge is -2.27. The van der Waals surface area contributed by atoms with Gasteiger partial charge >= 0.3 is 6.61 Å². The zero-order valence-corrected chi connectivity index (χ0v) is 18.7. The number of hydrogen-bond donors (Lipinski definition) is 1. The molecule has 1 atom stereocenters. The Morgan fingerprint density at radius 2 is 1.70 bits per heavy atom. The van der Waals surface area contributed by atoms with Crippen molar-refractivity contribution in [2.45, 2.75) is 40.0 Å². The van der Waals surface area contributed by atoms with Gasteiger partial charge in [-0.25, -0.2) is 8.78 Å². The van der Waals surface area contributed by atoms with E-state index in [9.17, 15) is 27.2 Å². The van der Waals surface area contributed by atoms with E-state index < -0.39 is 41.7 Å². The molecule has 180 valence electrons. The summed E-state index contributed by atoms with van der Waals surface area (Å²) in [5, 5.41) is 2.41. The Kier molecular flexibility index (Phi) is 9.07. The number of likely N-dealkylation sites (N-methyl/N-ethyl adjacent to an activating group) is 1. The molecule has 0 saturated heterocycles. The maximum absolute atomic E-state index is 13.9. The molecular formula is C23H26F4N2O4. The first-order valence-corrected chi connectivity index (χ1v) is 10.3. The minimum atomic E-state index is -3.02. The standard InChI is InChI=1S/C23H26F4N2O4/c1-5-32-18-11-14(9-10-17(18)33-23(26)27)12-29(4)22(31)20(13(2)3)28-21(30)19-15(24)7-6-8-16(19)25/h6-11,13,20,23H,5,12H2,1-4H3,(H,28,30)/t20-/m0/s1. The Labute approximate surface area is 189 Å². The van der Waals surface area contributed by atoms with Crippen LogP contribution >= 0.6 is 0 Å². The molecule has 2 rings (SSSR count). The average Bonchev–Trinajstić information content (AvgIpc) is 2.73. The van der Waals surface area contributed by atoms with E-state index in [1.807, 2.05) is 0 Å². The Bertz CT molecular complexity index is 965. The van der Waals surface area contributed by atoms with E-state index in [1.165, 1.54) is 30.1 Å². The minimum absolute atomic E-state index is 0.0566. The first-order valence-electron chi connectivity index (χ1n) is 10.3. The molecule has 0 saturated carbocycles. The van der Waals surface area contributed by atoms with E-state index >= 15 is 0 Å². The van der Waals surface area contributed by atoms with Gasteiger partial charge < -0.3 is 19.7 Å². The molecule has 0 aliphatic rings. The monoisotopic (exact) mass is 470 g/mol. The normalized spacial score (nSPS) is 11.9. The molecule has 6 nitrogen and oxygen atoms in total. The number of ether oxygens (including phenoxy) is 2. The second-order valence-electron chi connectivity index (χ2n) is 7.58. The van der Waals surface area contributed by atoms with Crippen LogP contribution in [0.1, 0.15) is 36.7 Å². The van der Waals surface area contributed by atoms with Crippen molar-refractivity contribution in [2.75, 3.05) is 13.7 Å². The number of benzene rings is 2. The number of carbonyl (C=O) groups excluding carboxylic acids is 2. The molecule has 2 amide bonds. The Morgan fingerprint density at radius 1 is 1.06 bits per heavy atom. The second kappa shape index (κ2) is 11.5. The highest BCUT2D eigenvalue weighted by molar-refractivity contribution is 5.98. The summed E-state index contributed by atoms with van der Waals surface area (Å²) < 4.78 is 62.8. The average molecular weight is 470 g/mol. The Balaban J connectivity index is 2.18. The largest absolute Gasteiger partial charge is 0.490 e. The number of carbonyl (C=O) groups is 2. The van der Waals surface area contributed by atoms with Crippen molar-refractivity contribution in [2.24, 2.45) is 5.92 Å². The molecule has 0 unspecified atom stereocenters. The van der Waals surface area contributed by atoms with Crippen molar-refractivity contribution < 1.29 is 36.6 Å². The smallest absolute Gasteiger partial charge is 0.387 e. The van der Waals surface area contributed by atoms with Crippen molar-refractivity contribution in [3.63, 3.8) is 0 Å². The van der Waals surface area contributed by atoms with E-state index in [0.29, 0.717) is 5.56 Å². The highest BCUT2D eigenvalue weighted by atomic mass is 19.3. The number of amides is 2.